The molecule has 0 heterocycles. The van der Waals surface area contributed by atoms with Crippen LogP contribution in [-0.2, 0) is 4.79 Å². The molecule has 0 rings (SSSR count). The van der Waals surface area contributed by atoms with E-state index in [1.54, 1.807) is 11.8 Å². The van der Waals surface area contributed by atoms with Gasteiger partial charge >= 0.3 is 5.97 Å². The zero-order chi connectivity index (χ0) is 20.5. The van der Waals surface area contributed by atoms with Crippen LogP contribution in [0.2, 0.25) is 0 Å². The number of nitrogens with one attached hydrogen (secondary N) is 1. The van der Waals surface area contributed by atoms with Gasteiger partial charge in [-0.3, -0.25) is 4.79 Å². The van der Waals surface area contributed by atoms with Gasteiger partial charge in [-0.25, -0.2) is 0 Å². The third-order valence-electron chi connectivity index (χ3n) is 5.31. The summed E-state index contributed by atoms with van der Waals surface area (Å²) < 4.78 is 0. The predicted molar refractivity (Wildman–Crippen MR) is 127 cm³/mol. The minimum absolute atomic E-state index is 0.289. The Morgan fingerprint density at radius 1 is 0.643 bits per heavy atom. The van der Waals surface area contributed by atoms with Crippen LogP contribution in [0.1, 0.15) is 122 Å². The van der Waals surface area contributed by atoms with Gasteiger partial charge in [-0.15, -0.1) is 0 Å². The van der Waals surface area contributed by atoms with E-state index in [2.05, 4.69) is 12.2 Å². The molecule has 4 heteroatoms. The minimum Gasteiger partial charge on any atom is -0.481 e. The summed E-state index contributed by atoms with van der Waals surface area (Å²) in [5, 5.41) is 12.1. The molecule has 0 fully saturated rings. The van der Waals surface area contributed by atoms with E-state index in [9.17, 15) is 4.79 Å². The van der Waals surface area contributed by atoms with Crippen LogP contribution in [0.5, 0.6) is 0 Å². The van der Waals surface area contributed by atoms with Crippen LogP contribution in [-0.4, -0.2) is 35.7 Å². The molecule has 0 atom stereocenters. The number of hydrogen-bond acceptors (Lipinski definition) is 3. The average molecular weight is 416 g/mol. The summed E-state index contributed by atoms with van der Waals surface area (Å²) in [5.74, 6) is 1.13. The first kappa shape index (κ1) is 27.8. The molecule has 0 bridgehead atoms. The van der Waals surface area contributed by atoms with Crippen molar-refractivity contribution >= 4 is 17.7 Å². The van der Waals surface area contributed by atoms with Gasteiger partial charge in [-0.05, 0) is 31.7 Å². The van der Waals surface area contributed by atoms with Gasteiger partial charge in [0.05, 0.1) is 6.42 Å². The second-order valence-corrected chi connectivity index (χ2v) is 9.39. The van der Waals surface area contributed by atoms with Crippen molar-refractivity contribution in [1.82, 2.24) is 5.32 Å². The smallest absolute Gasteiger partial charge is 0.304 e. The number of aliphatic carboxylic acids is 1. The largest absolute Gasteiger partial charge is 0.481 e. The summed E-state index contributed by atoms with van der Waals surface area (Å²) in [6, 6.07) is 0. The molecule has 0 radical (unpaired) electrons. The maximum Gasteiger partial charge on any atom is 0.304 e. The molecular formula is C24H49NO2S. The molecule has 0 unspecified atom stereocenters. The van der Waals surface area contributed by atoms with E-state index < -0.39 is 5.97 Å². The van der Waals surface area contributed by atoms with Gasteiger partial charge in [0.15, 0.2) is 0 Å². The van der Waals surface area contributed by atoms with Crippen molar-refractivity contribution in [1.29, 1.82) is 0 Å². The summed E-state index contributed by atoms with van der Waals surface area (Å²) >= 11 is 1.75. The fourth-order valence-corrected chi connectivity index (χ4v) is 4.36. The Hall–Kier alpha value is -0.220. The molecule has 2 N–H and O–H groups in total. The number of carboxylic acids is 1. The van der Waals surface area contributed by atoms with Crippen molar-refractivity contribution in [2.24, 2.45) is 0 Å². The first-order valence-corrected chi connectivity index (χ1v) is 13.4. The Morgan fingerprint density at radius 2 is 1.07 bits per heavy atom. The molecule has 0 aliphatic heterocycles. The molecule has 3 nitrogen and oxygen atoms in total. The van der Waals surface area contributed by atoms with Gasteiger partial charge in [-0.2, -0.15) is 11.8 Å². The van der Waals surface area contributed by atoms with E-state index in [-0.39, 0.29) is 6.42 Å². The van der Waals surface area contributed by atoms with Crippen molar-refractivity contribution in [2.45, 2.75) is 122 Å². The van der Waals surface area contributed by atoms with Crippen LogP contribution in [0.15, 0.2) is 0 Å². The first-order valence-electron chi connectivity index (χ1n) is 12.3. The molecule has 0 saturated carbocycles. The summed E-state index contributed by atoms with van der Waals surface area (Å²) in [6.07, 6.45) is 24.2. The Balaban J connectivity index is 2.99. The summed E-state index contributed by atoms with van der Waals surface area (Å²) in [7, 11) is 0. The predicted octanol–water partition coefficient (Wildman–Crippen LogP) is 7.44. The monoisotopic (exact) mass is 415 g/mol. The lowest BCUT2D eigenvalue weighted by Gasteiger charge is -2.05. The van der Waals surface area contributed by atoms with Crippen molar-refractivity contribution in [3.63, 3.8) is 0 Å². The fourth-order valence-electron chi connectivity index (χ4n) is 3.48. The normalized spacial score (nSPS) is 11.2. The van der Waals surface area contributed by atoms with E-state index >= 15 is 0 Å². The Bertz CT molecular complexity index is 313. The van der Waals surface area contributed by atoms with Gasteiger partial charge in [0.25, 0.3) is 0 Å². The summed E-state index contributed by atoms with van der Waals surface area (Å²) in [5.41, 5.74) is 0. The maximum absolute atomic E-state index is 10.4. The van der Waals surface area contributed by atoms with Crippen LogP contribution >= 0.6 is 11.8 Å². The Morgan fingerprint density at radius 3 is 1.54 bits per heavy atom. The standard InChI is InChI=1S/C24H49NO2S/c1-2-3-4-5-6-7-8-9-10-11-12-13-14-15-16-17-20-25-21-18-22-28-23-19-24(26)27/h25H,2-23H2,1H3,(H,26,27). The maximum atomic E-state index is 10.4. The molecule has 28 heavy (non-hydrogen) atoms. The van der Waals surface area contributed by atoms with E-state index in [1.165, 1.54) is 103 Å². The molecule has 0 aliphatic carbocycles. The highest BCUT2D eigenvalue weighted by atomic mass is 32.2. The molecule has 0 spiro atoms. The molecular weight excluding hydrogens is 366 g/mol. The number of carbonyl (C=O) groups is 1. The van der Waals surface area contributed by atoms with E-state index in [0.717, 1.165) is 31.0 Å². The summed E-state index contributed by atoms with van der Waals surface area (Å²) in [4.78, 5) is 10.4. The number of thioether (sulfide) groups is 1. The van der Waals surface area contributed by atoms with Gasteiger partial charge in [0.2, 0.25) is 0 Å². The van der Waals surface area contributed by atoms with Crippen LogP contribution in [0, 0.1) is 0 Å². The van der Waals surface area contributed by atoms with Crippen molar-refractivity contribution in [2.75, 3.05) is 24.6 Å². The van der Waals surface area contributed by atoms with Crippen molar-refractivity contribution in [3.05, 3.63) is 0 Å². The first-order chi connectivity index (χ1) is 13.8. The van der Waals surface area contributed by atoms with Crippen LogP contribution in [0.4, 0.5) is 0 Å². The SMILES string of the molecule is CCCCCCCCCCCCCCCCCCNCCCSCCC(=O)O. The highest BCUT2D eigenvalue weighted by Crippen LogP contribution is 2.13. The average Bonchev–Trinajstić information content (AvgIpc) is 2.68. The van der Waals surface area contributed by atoms with Crippen LogP contribution in [0.25, 0.3) is 0 Å². The molecule has 0 saturated heterocycles. The Labute approximate surface area is 180 Å². The lowest BCUT2D eigenvalue weighted by Crippen LogP contribution is -2.17. The molecule has 0 aromatic rings. The second-order valence-electron chi connectivity index (χ2n) is 8.16. The lowest BCUT2D eigenvalue weighted by molar-refractivity contribution is -0.136. The second kappa shape index (κ2) is 24.8. The number of rotatable bonds is 24. The summed E-state index contributed by atoms with van der Waals surface area (Å²) in [6.45, 7) is 4.49. The zero-order valence-corrected chi connectivity index (χ0v) is 19.6. The minimum atomic E-state index is -0.686. The highest BCUT2D eigenvalue weighted by molar-refractivity contribution is 7.99. The fraction of sp³-hybridized carbons (Fsp3) is 0.958. The van der Waals surface area contributed by atoms with E-state index in [0.29, 0.717) is 0 Å². The Kier molecular flexibility index (Phi) is 24.6. The molecule has 168 valence electrons. The molecule has 0 aliphatic rings. The van der Waals surface area contributed by atoms with Crippen LogP contribution in [0.3, 0.4) is 0 Å². The third-order valence-corrected chi connectivity index (χ3v) is 6.38. The van der Waals surface area contributed by atoms with Crippen molar-refractivity contribution < 1.29 is 9.90 Å². The quantitative estimate of drug-likeness (QED) is 0.161. The van der Waals surface area contributed by atoms with E-state index in [4.69, 9.17) is 5.11 Å². The topological polar surface area (TPSA) is 49.3 Å². The molecule has 0 aromatic heterocycles. The molecule has 0 aromatic carbocycles. The van der Waals surface area contributed by atoms with E-state index in [1.807, 2.05) is 0 Å². The van der Waals surface area contributed by atoms with Crippen LogP contribution < -0.4 is 5.32 Å². The van der Waals surface area contributed by atoms with Gasteiger partial charge in [0.1, 0.15) is 0 Å². The third kappa shape index (κ3) is 25.8. The van der Waals surface area contributed by atoms with Crippen molar-refractivity contribution in [3.8, 4) is 0 Å². The van der Waals surface area contributed by atoms with Gasteiger partial charge < -0.3 is 10.4 Å². The number of unbranched alkanes of at least 4 members (excludes halogenated alkanes) is 15. The number of carboxylic acid groups (broad SMARTS) is 1. The molecule has 0 amide bonds. The van der Waals surface area contributed by atoms with Gasteiger partial charge in [0, 0.05) is 5.75 Å². The number of hydrogen-bond donors (Lipinski definition) is 2. The zero-order valence-electron chi connectivity index (χ0n) is 18.8. The van der Waals surface area contributed by atoms with Gasteiger partial charge in [-0.1, -0.05) is 103 Å². The lowest BCUT2D eigenvalue weighted by atomic mass is 10.0. The highest BCUT2D eigenvalue weighted by Gasteiger charge is 1.97.